The van der Waals surface area contributed by atoms with Gasteiger partial charge in [-0.3, -0.25) is 14.4 Å². The summed E-state index contributed by atoms with van der Waals surface area (Å²) < 4.78 is 0. The second-order valence-corrected chi connectivity index (χ2v) is 6.74. The molecule has 2 amide bonds. The van der Waals surface area contributed by atoms with E-state index in [1.54, 1.807) is 24.3 Å². The van der Waals surface area contributed by atoms with Gasteiger partial charge in [-0.05, 0) is 44.2 Å². The Morgan fingerprint density at radius 3 is 2.73 bits per heavy atom. The van der Waals surface area contributed by atoms with E-state index in [-0.39, 0.29) is 35.4 Å². The van der Waals surface area contributed by atoms with Crippen LogP contribution in [0, 0.1) is 23.2 Å². The number of amides is 2. The number of carbonyl (C=O) groups excluding carboxylic acids is 3. The Morgan fingerprint density at radius 2 is 2.05 bits per heavy atom. The van der Waals surface area contributed by atoms with Crippen molar-refractivity contribution in [3.05, 3.63) is 42.0 Å². The first-order valence-electron chi connectivity index (χ1n) is 7.62. The molecule has 0 unspecified atom stereocenters. The molecule has 2 fully saturated rings. The van der Waals surface area contributed by atoms with Crippen molar-refractivity contribution in [2.75, 3.05) is 4.90 Å². The molecule has 0 radical (unpaired) electrons. The lowest BCUT2D eigenvalue weighted by atomic mass is 9.71. The van der Waals surface area contributed by atoms with Gasteiger partial charge in [0.05, 0.1) is 17.0 Å². The molecule has 22 heavy (non-hydrogen) atoms. The SMILES string of the molecule is CC(=O)c1cccc(N2C(=O)[C@@H]3[C@H]4C=C[C@@H](C4)[C@]3(C)C2=O)c1. The molecule has 1 saturated carbocycles. The zero-order valence-corrected chi connectivity index (χ0v) is 12.6. The minimum atomic E-state index is -0.622. The van der Waals surface area contributed by atoms with Gasteiger partial charge < -0.3 is 0 Å². The van der Waals surface area contributed by atoms with Gasteiger partial charge in [0.25, 0.3) is 0 Å². The molecule has 112 valence electrons. The fourth-order valence-corrected chi connectivity index (χ4v) is 4.41. The second-order valence-electron chi connectivity index (χ2n) is 6.74. The van der Waals surface area contributed by atoms with Crippen molar-refractivity contribution in [1.82, 2.24) is 0 Å². The zero-order chi connectivity index (χ0) is 15.6. The molecule has 0 N–H and O–H groups in total. The number of allylic oxidation sites excluding steroid dienone is 2. The molecular formula is C18H17NO3. The van der Waals surface area contributed by atoms with Crippen LogP contribution in [0.3, 0.4) is 0 Å². The molecule has 4 nitrogen and oxygen atoms in total. The van der Waals surface area contributed by atoms with Crippen molar-refractivity contribution >= 4 is 23.3 Å². The molecule has 4 atom stereocenters. The van der Waals surface area contributed by atoms with Gasteiger partial charge in [-0.15, -0.1) is 0 Å². The number of ketones is 1. The molecule has 1 heterocycles. The van der Waals surface area contributed by atoms with Crippen LogP contribution < -0.4 is 4.90 Å². The summed E-state index contributed by atoms with van der Waals surface area (Å²) in [5.74, 6) is -0.248. The summed E-state index contributed by atoms with van der Waals surface area (Å²) in [4.78, 5) is 38.7. The van der Waals surface area contributed by atoms with E-state index in [1.807, 2.05) is 6.92 Å². The minimum absolute atomic E-state index is 0.0749. The quantitative estimate of drug-likeness (QED) is 0.479. The summed E-state index contributed by atoms with van der Waals surface area (Å²) in [6, 6.07) is 6.78. The molecule has 0 aromatic heterocycles. The number of rotatable bonds is 2. The van der Waals surface area contributed by atoms with E-state index >= 15 is 0 Å². The van der Waals surface area contributed by atoms with Crippen LogP contribution >= 0.6 is 0 Å². The molecule has 4 heteroatoms. The van der Waals surface area contributed by atoms with Crippen LogP contribution in [0.5, 0.6) is 0 Å². The van der Waals surface area contributed by atoms with Gasteiger partial charge in [-0.2, -0.15) is 0 Å². The zero-order valence-electron chi connectivity index (χ0n) is 12.6. The van der Waals surface area contributed by atoms with Crippen molar-refractivity contribution in [2.24, 2.45) is 23.2 Å². The largest absolute Gasteiger partial charge is 0.295 e. The predicted octanol–water partition coefficient (Wildman–Crippen LogP) is 2.59. The maximum atomic E-state index is 13.0. The Hall–Kier alpha value is -2.23. The van der Waals surface area contributed by atoms with Crippen LogP contribution in [0.25, 0.3) is 0 Å². The Bertz CT molecular complexity index is 750. The predicted molar refractivity (Wildman–Crippen MR) is 81.3 cm³/mol. The van der Waals surface area contributed by atoms with E-state index in [4.69, 9.17) is 0 Å². The lowest BCUT2D eigenvalue weighted by Gasteiger charge is -2.28. The standard InChI is InChI=1S/C18H17NO3/c1-10(20)11-4-3-5-14(9-11)19-16(21)15-12-6-7-13(8-12)18(15,2)17(19)22/h3-7,9,12-13,15H,8H2,1-2H3/t12-,13-,15-,18-/m0/s1. The van der Waals surface area contributed by atoms with Crippen LogP contribution in [0.4, 0.5) is 5.69 Å². The third kappa shape index (κ3) is 1.45. The van der Waals surface area contributed by atoms with E-state index in [0.29, 0.717) is 11.3 Å². The van der Waals surface area contributed by atoms with Crippen LogP contribution in [0.1, 0.15) is 30.6 Å². The van der Waals surface area contributed by atoms with Crippen molar-refractivity contribution < 1.29 is 14.4 Å². The van der Waals surface area contributed by atoms with Crippen molar-refractivity contribution in [2.45, 2.75) is 20.3 Å². The van der Waals surface area contributed by atoms with Gasteiger partial charge in [0.1, 0.15) is 0 Å². The average molecular weight is 295 g/mol. The highest BCUT2D eigenvalue weighted by atomic mass is 16.2. The number of nitrogens with zero attached hydrogens (tertiary/aromatic N) is 1. The van der Waals surface area contributed by atoms with E-state index in [9.17, 15) is 14.4 Å². The maximum Gasteiger partial charge on any atom is 0.241 e. The first kappa shape index (κ1) is 13.4. The number of carbonyl (C=O) groups is 3. The summed E-state index contributed by atoms with van der Waals surface area (Å²) in [7, 11) is 0. The fraction of sp³-hybridized carbons (Fsp3) is 0.389. The lowest BCUT2D eigenvalue weighted by Crippen LogP contribution is -2.37. The molecule has 1 aromatic carbocycles. The van der Waals surface area contributed by atoms with Gasteiger partial charge in [0.15, 0.2) is 5.78 Å². The molecular weight excluding hydrogens is 278 g/mol. The molecule has 2 bridgehead atoms. The molecule has 1 aromatic rings. The Kier molecular flexibility index (Phi) is 2.54. The number of imide groups is 1. The fourth-order valence-electron chi connectivity index (χ4n) is 4.41. The number of fused-ring (bicyclic) bond motifs is 5. The number of hydrogen-bond donors (Lipinski definition) is 0. The van der Waals surface area contributed by atoms with Gasteiger partial charge in [-0.1, -0.05) is 24.3 Å². The lowest BCUT2D eigenvalue weighted by molar-refractivity contribution is -0.127. The van der Waals surface area contributed by atoms with Crippen molar-refractivity contribution in [3.8, 4) is 0 Å². The van der Waals surface area contributed by atoms with Crippen LogP contribution in [0.15, 0.2) is 36.4 Å². The summed E-state index contributed by atoms with van der Waals surface area (Å²) in [5.41, 5.74) is 0.405. The topological polar surface area (TPSA) is 54.5 Å². The highest BCUT2D eigenvalue weighted by molar-refractivity contribution is 6.24. The van der Waals surface area contributed by atoms with Crippen LogP contribution in [-0.2, 0) is 9.59 Å². The van der Waals surface area contributed by atoms with Crippen molar-refractivity contribution in [3.63, 3.8) is 0 Å². The van der Waals surface area contributed by atoms with E-state index in [0.717, 1.165) is 6.42 Å². The van der Waals surface area contributed by atoms with E-state index in [2.05, 4.69) is 12.2 Å². The first-order valence-corrected chi connectivity index (χ1v) is 7.62. The highest BCUT2D eigenvalue weighted by Gasteiger charge is 2.67. The average Bonchev–Trinajstić information content (AvgIpc) is 3.12. The second kappa shape index (κ2) is 4.15. The van der Waals surface area contributed by atoms with E-state index in [1.165, 1.54) is 11.8 Å². The van der Waals surface area contributed by atoms with E-state index < -0.39 is 5.41 Å². The molecule has 1 aliphatic heterocycles. The molecule has 0 spiro atoms. The maximum absolute atomic E-state index is 13.0. The van der Waals surface area contributed by atoms with Gasteiger partial charge in [-0.25, -0.2) is 4.90 Å². The number of Topliss-reactive ketones (excluding diaryl/α,β-unsaturated/α-hetero) is 1. The monoisotopic (exact) mass is 295 g/mol. The minimum Gasteiger partial charge on any atom is -0.295 e. The summed E-state index contributed by atoms with van der Waals surface area (Å²) in [6.45, 7) is 3.40. The molecule has 4 rings (SSSR count). The summed E-state index contributed by atoms with van der Waals surface area (Å²) >= 11 is 0. The number of benzene rings is 1. The smallest absolute Gasteiger partial charge is 0.241 e. The van der Waals surface area contributed by atoms with Gasteiger partial charge >= 0.3 is 0 Å². The normalized spacial score (nSPS) is 35.4. The Morgan fingerprint density at radius 1 is 1.27 bits per heavy atom. The van der Waals surface area contributed by atoms with Crippen LogP contribution in [-0.4, -0.2) is 17.6 Å². The number of anilines is 1. The van der Waals surface area contributed by atoms with Gasteiger partial charge in [0.2, 0.25) is 11.8 Å². The molecule has 2 aliphatic carbocycles. The summed E-state index contributed by atoms with van der Waals surface area (Å²) in [5, 5.41) is 0. The third-order valence-corrected chi connectivity index (χ3v) is 5.62. The van der Waals surface area contributed by atoms with Crippen LogP contribution in [0.2, 0.25) is 0 Å². The molecule has 3 aliphatic rings. The number of hydrogen-bond acceptors (Lipinski definition) is 3. The van der Waals surface area contributed by atoms with Gasteiger partial charge in [0, 0.05) is 5.56 Å². The first-order chi connectivity index (χ1) is 10.4. The highest BCUT2D eigenvalue weighted by Crippen LogP contribution is 2.60. The van der Waals surface area contributed by atoms with Crippen molar-refractivity contribution in [1.29, 1.82) is 0 Å². The third-order valence-electron chi connectivity index (χ3n) is 5.62. The summed E-state index contributed by atoms with van der Waals surface area (Å²) in [6.07, 6.45) is 5.07. The molecule has 1 saturated heterocycles. The Labute approximate surface area is 128 Å². The Balaban J connectivity index is 1.79.